The summed E-state index contributed by atoms with van der Waals surface area (Å²) in [7, 11) is -1.99. The summed E-state index contributed by atoms with van der Waals surface area (Å²) in [6, 6.07) is 4.74. The van der Waals surface area contributed by atoms with Gasteiger partial charge in [-0.3, -0.25) is 4.79 Å². The maximum Gasteiger partial charge on any atom is 0.220 e. The zero-order valence-electron chi connectivity index (χ0n) is 9.86. The van der Waals surface area contributed by atoms with Crippen LogP contribution in [0, 0.1) is 6.92 Å². The predicted molar refractivity (Wildman–Crippen MR) is 66.3 cm³/mol. The number of nitrogens with one attached hydrogen (secondary N) is 1. The zero-order chi connectivity index (χ0) is 13.1. The smallest absolute Gasteiger partial charge is 0.220 e. The van der Waals surface area contributed by atoms with Crippen LogP contribution < -0.4 is 11.1 Å². The van der Waals surface area contributed by atoms with E-state index < -0.39 is 9.84 Å². The molecule has 1 aromatic carbocycles. The molecule has 1 amide bonds. The van der Waals surface area contributed by atoms with Crippen molar-refractivity contribution in [2.45, 2.75) is 18.2 Å². The number of nitrogens with two attached hydrogens (primary N) is 1. The Morgan fingerprint density at radius 1 is 1.41 bits per heavy atom. The van der Waals surface area contributed by atoms with Gasteiger partial charge in [0.25, 0.3) is 0 Å². The molecule has 3 N–H and O–H groups in total. The van der Waals surface area contributed by atoms with Crippen LogP contribution in [0.15, 0.2) is 23.1 Å². The number of rotatable bonds is 4. The van der Waals surface area contributed by atoms with Gasteiger partial charge in [0.2, 0.25) is 5.91 Å². The highest BCUT2D eigenvalue weighted by Crippen LogP contribution is 2.21. The van der Waals surface area contributed by atoms with Gasteiger partial charge in [-0.1, -0.05) is 6.07 Å². The van der Waals surface area contributed by atoms with E-state index in [2.05, 4.69) is 5.32 Å². The van der Waals surface area contributed by atoms with E-state index in [1.165, 1.54) is 13.1 Å². The monoisotopic (exact) mass is 256 g/mol. The van der Waals surface area contributed by atoms with E-state index in [4.69, 9.17) is 5.73 Å². The van der Waals surface area contributed by atoms with Gasteiger partial charge in [0.15, 0.2) is 9.84 Å². The van der Waals surface area contributed by atoms with E-state index in [0.717, 1.165) is 0 Å². The van der Waals surface area contributed by atoms with Crippen LogP contribution in [0.4, 0.5) is 5.69 Å². The molecule has 0 aliphatic carbocycles. The summed E-state index contributed by atoms with van der Waals surface area (Å²) >= 11 is 0. The maximum absolute atomic E-state index is 12.0. The van der Waals surface area contributed by atoms with Gasteiger partial charge in [-0.05, 0) is 24.6 Å². The molecule has 0 spiro atoms. The van der Waals surface area contributed by atoms with Gasteiger partial charge in [-0.25, -0.2) is 8.42 Å². The van der Waals surface area contributed by atoms with Crippen molar-refractivity contribution in [3.8, 4) is 0 Å². The fraction of sp³-hybridized carbons (Fsp3) is 0.364. The minimum absolute atomic E-state index is 0.0485. The molecule has 6 heteroatoms. The van der Waals surface area contributed by atoms with Crippen LogP contribution in [-0.4, -0.2) is 27.1 Å². The topological polar surface area (TPSA) is 89.3 Å². The zero-order valence-corrected chi connectivity index (χ0v) is 10.7. The number of carbonyl (C=O) groups excluding carboxylic acids is 1. The van der Waals surface area contributed by atoms with Gasteiger partial charge in [0.05, 0.1) is 10.6 Å². The highest BCUT2D eigenvalue weighted by atomic mass is 32.2. The van der Waals surface area contributed by atoms with E-state index >= 15 is 0 Å². The second-order valence-corrected chi connectivity index (χ2v) is 5.79. The number of benzene rings is 1. The lowest BCUT2D eigenvalue weighted by Crippen LogP contribution is -2.21. The largest absolute Gasteiger partial charge is 0.398 e. The molecule has 0 atom stereocenters. The molecule has 0 aliphatic rings. The van der Waals surface area contributed by atoms with Crippen molar-refractivity contribution in [3.63, 3.8) is 0 Å². The summed E-state index contributed by atoms with van der Waals surface area (Å²) in [5, 5.41) is 2.39. The van der Waals surface area contributed by atoms with Gasteiger partial charge >= 0.3 is 0 Å². The Morgan fingerprint density at radius 2 is 2.06 bits per heavy atom. The number of nitrogen functional groups attached to an aromatic ring is 1. The van der Waals surface area contributed by atoms with Gasteiger partial charge in [0.1, 0.15) is 0 Å². The fourth-order valence-corrected chi connectivity index (χ4v) is 2.97. The Hall–Kier alpha value is -1.56. The van der Waals surface area contributed by atoms with Crippen LogP contribution in [0.25, 0.3) is 0 Å². The average Bonchev–Trinajstić information content (AvgIpc) is 2.29. The summed E-state index contributed by atoms with van der Waals surface area (Å²) in [6.45, 7) is 1.65. The number of carbonyl (C=O) groups is 1. The third kappa shape index (κ3) is 3.20. The first-order valence-corrected chi connectivity index (χ1v) is 6.82. The first-order chi connectivity index (χ1) is 7.88. The summed E-state index contributed by atoms with van der Waals surface area (Å²) in [6.07, 6.45) is -0.0485. The van der Waals surface area contributed by atoms with Crippen molar-refractivity contribution in [1.29, 1.82) is 0 Å². The van der Waals surface area contributed by atoms with Gasteiger partial charge < -0.3 is 11.1 Å². The lowest BCUT2D eigenvalue weighted by atomic mass is 10.2. The Bertz CT molecular complexity index is 524. The molecule has 0 aromatic heterocycles. The van der Waals surface area contributed by atoms with Crippen molar-refractivity contribution in [2.75, 3.05) is 18.5 Å². The molecule has 5 nitrogen and oxygen atoms in total. The molecule has 0 bridgehead atoms. The number of anilines is 1. The summed E-state index contributed by atoms with van der Waals surface area (Å²) < 4.78 is 24.0. The highest BCUT2D eigenvalue weighted by Gasteiger charge is 2.19. The number of hydrogen-bond donors (Lipinski definition) is 2. The van der Waals surface area contributed by atoms with Crippen molar-refractivity contribution >= 4 is 21.4 Å². The van der Waals surface area contributed by atoms with E-state index in [1.807, 2.05) is 0 Å². The Kier molecular flexibility index (Phi) is 4.11. The predicted octanol–water partition coefficient (Wildman–Crippen LogP) is 0.487. The molecule has 0 heterocycles. The van der Waals surface area contributed by atoms with E-state index in [9.17, 15) is 13.2 Å². The fourth-order valence-electron chi connectivity index (χ4n) is 1.43. The van der Waals surface area contributed by atoms with E-state index in [-0.39, 0.29) is 23.0 Å². The molecule has 0 unspecified atom stereocenters. The summed E-state index contributed by atoms with van der Waals surface area (Å²) in [5.41, 5.74) is 6.62. The molecular weight excluding hydrogens is 240 g/mol. The summed E-state index contributed by atoms with van der Waals surface area (Å²) in [4.78, 5) is 11.2. The second kappa shape index (κ2) is 5.18. The van der Waals surface area contributed by atoms with Crippen LogP contribution >= 0.6 is 0 Å². The van der Waals surface area contributed by atoms with Gasteiger partial charge in [0, 0.05) is 19.2 Å². The minimum Gasteiger partial charge on any atom is -0.398 e. The molecule has 0 radical (unpaired) electrons. The second-order valence-electron chi connectivity index (χ2n) is 3.71. The van der Waals surface area contributed by atoms with Gasteiger partial charge in [-0.2, -0.15) is 0 Å². The number of hydrogen-bond acceptors (Lipinski definition) is 4. The van der Waals surface area contributed by atoms with Crippen molar-refractivity contribution < 1.29 is 13.2 Å². The molecule has 0 saturated heterocycles. The molecule has 94 valence electrons. The SMILES string of the molecule is CNC(=O)CCS(=O)(=O)c1cccc(N)c1C. The molecular formula is C11H16N2O3S. The van der Waals surface area contributed by atoms with Gasteiger partial charge in [-0.15, -0.1) is 0 Å². The quantitative estimate of drug-likeness (QED) is 0.767. The normalized spacial score (nSPS) is 11.2. The first-order valence-electron chi connectivity index (χ1n) is 5.17. The number of sulfone groups is 1. The van der Waals surface area contributed by atoms with E-state index in [1.54, 1.807) is 19.1 Å². The minimum atomic E-state index is -3.46. The number of amides is 1. The Morgan fingerprint density at radius 3 is 2.65 bits per heavy atom. The van der Waals surface area contributed by atoms with Crippen molar-refractivity contribution in [3.05, 3.63) is 23.8 Å². The maximum atomic E-state index is 12.0. The standard InChI is InChI=1S/C11H16N2O3S/c1-8-9(12)4-3-5-10(8)17(15,16)7-6-11(14)13-2/h3-5H,6-7,12H2,1-2H3,(H,13,14). The van der Waals surface area contributed by atoms with Crippen LogP contribution in [0.2, 0.25) is 0 Å². The van der Waals surface area contributed by atoms with Crippen molar-refractivity contribution in [2.24, 2.45) is 0 Å². The van der Waals surface area contributed by atoms with Crippen LogP contribution in [-0.2, 0) is 14.6 Å². The molecule has 1 aromatic rings. The lowest BCUT2D eigenvalue weighted by molar-refractivity contribution is -0.120. The van der Waals surface area contributed by atoms with Crippen LogP contribution in [0.3, 0.4) is 0 Å². The average molecular weight is 256 g/mol. The lowest BCUT2D eigenvalue weighted by Gasteiger charge is -2.09. The third-order valence-electron chi connectivity index (χ3n) is 2.54. The molecule has 1 rings (SSSR count). The first kappa shape index (κ1) is 13.5. The third-order valence-corrected chi connectivity index (χ3v) is 4.39. The molecule has 17 heavy (non-hydrogen) atoms. The molecule has 0 saturated carbocycles. The van der Waals surface area contributed by atoms with Crippen molar-refractivity contribution in [1.82, 2.24) is 5.32 Å². The summed E-state index contributed by atoms with van der Waals surface area (Å²) in [5.74, 6) is -0.508. The molecule has 0 aliphatic heterocycles. The molecule has 0 fully saturated rings. The van der Waals surface area contributed by atoms with Crippen LogP contribution in [0.5, 0.6) is 0 Å². The Labute approximate surface area is 101 Å². The van der Waals surface area contributed by atoms with Crippen LogP contribution in [0.1, 0.15) is 12.0 Å². The Balaban J connectivity index is 2.98. The highest BCUT2D eigenvalue weighted by molar-refractivity contribution is 7.91. The van der Waals surface area contributed by atoms with E-state index in [0.29, 0.717) is 11.3 Å².